The van der Waals surface area contributed by atoms with E-state index in [2.05, 4.69) is 33.2 Å². The number of amides is 1. The summed E-state index contributed by atoms with van der Waals surface area (Å²) in [7, 11) is 0. The molecule has 0 saturated carbocycles. The highest BCUT2D eigenvalue weighted by Crippen LogP contribution is 2.28. The average molecular weight is 434 g/mol. The van der Waals surface area contributed by atoms with Crippen LogP contribution >= 0.6 is 27.3 Å². The van der Waals surface area contributed by atoms with Crippen LogP contribution in [0.2, 0.25) is 0 Å². The number of nitrogens with one attached hydrogen (secondary N) is 1. The lowest BCUT2D eigenvalue weighted by Gasteiger charge is -2.06. The standard InChI is InChI=1S/C19H20BrN3O2S/c1-4-5-8-23-10-21-18-15(19(23)25)12(3)16(26-18)17(24)22-13-7-6-11(2)14(20)9-13/h6-7,9-10H,4-5,8H2,1-3H3,(H,22,24). The zero-order chi connectivity index (χ0) is 18.8. The predicted octanol–water partition coefficient (Wildman–Crippen LogP) is 4.89. The van der Waals surface area contributed by atoms with Crippen molar-refractivity contribution in [2.75, 3.05) is 5.32 Å². The van der Waals surface area contributed by atoms with Crippen LogP contribution in [0.4, 0.5) is 5.69 Å². The number of aromatic nitrogens is 2. The van der Waals surface area contributed by atoms with Crippen LogP contribution in [0.3, 0.4) is 0 Å². The van der Waals surface area contributed by atoms with Crippen LogP contribution in [0, 0.1) is 13.8 Å². The molecule has 0 aliphatic rings. The molecular formula is C19H20BrN3O2S. The van der Waals surface area contributed by atoms with Gasteiger partial charge in [-0.2, -0.15) is 0 Å². The van der Waals surface area contributed by atoms with Gasteiger partial charge in [0.25, 0.3) is 11.5 Å². The Kier molecular flexibility index (Phi) is 5.58. The number of anilines is 1. The molecule has 0 spiro atoms. The van der Waals surface area contributed by atoms with E-state index in [1.54, 1.807) is 10.9 Å². The summed E-state index contributed by atoms with van der Waals surface area (Å²) in [6.45, 7) is 6.53. The fraction of sp³-hybridized carbons (Fsp3) is 0.316. The summed E-state index contributed by atoms with van der Waals surface area (Å²) in [5.74, 6) is -0.222. The normalized spacial score (nSPS) is 11.1. The van der Waals surface area contributed by atoms with Gasteiger partial charge in [-0.05, 0) is 43.5 Å². The minimum atomic E-state index is -0.222. The number of fused-ring (bicyclic) bond motifs is 1. The third-order valence-electron chi connectivity index (χ3n) is 4.31. The van der Waals surface area contributed by atoms with E-state index < -0.39 is 0 Å². The SMILES string of the molecule is CCCCn1cnc2sc(C(=O)Nc3ccc(C)c(Br)c3)c(C)c2c1=O. The maximum absolute atomic E-state index is 12.7. The second-order valence-corrected chi connectivity index (χ2v) is 8.10. The van der Waals surface area contributed by atoms with Gasteiger partial charge >= 0.3 is 0 Å². The number of benzene rings is 1. The van der Waals surface area contributed by atoms with Crippen LogP contribution in [-0.2, 0) is 6.54 Å². The summed E-state index contributed by atoms with van der Waals surface area (Å²) >= 11 is 4.73. The Morgan fingerprint density at radius 3 is 2.81 bits per heavy atom. The van der Waals surface area contributed by atoms with E-state index in [1.165, 1.54) is 11.3 Å². The number of carbonyl (C=O) groups is 1. The number of aryl methyl sites for hydroxylation is 3. The Hall–Kier alpha value is -1.99. The monoisotopic (exact) mass is 433 g/mol. The molecular weight excluding hydrogens is 414 g/mol. The van der Waals surface area contributed by atoms with Crippen molar-refractivity contribution in [3.05, 3.63) is 55.4 Å². The molecule has 1 N–H and O–H groups in total. The minimum absolute atomic E-state index is 0.0747. The average Bonchev–Trinajstić information content (AvgIpc) is 2.95. The van der Waals surface area contributed by atoms with Crippen molar-refractivity contribution in [1.29, 1.82) is 0 Å². The summed E-state index contributed by atoms with van der Waals surface area (Å²) in [5, 5.41) is 3.45. The molecule has 0 unspecified atom stereocenters. The molecule has 2 heterocycles. The third-order valence-corrected chi connectivity index (χ3v) is 6.36. The maximum Gasteiger partial charge on any atom is 0.266 e. The quantitative estimate of drug-likeness (QED) is 0.622. The van der Waals surface area contributed by atoms with Crippen LogP contribution < -0.4 is 10.9 Å². The second kappa shape index (κ2) is 7.72. The number of halogens is 1. The van der Waals surface area contributed by atoms with Gasteiger partial charge in [0, 0.05) is 16.7 Å². The Morgan fingerprint density at radius 2 is 2.12 bits per heavy atom. The van der Waals surface area contributed by atoms with Gasteiger partial charge in [-0.1, -0.05) is 35.3 Å². The molecule has 0 aliphatic heterocycles. The molecule has 3 rings (SSSR count). The topological polar surface area (TPSA) is 64.0 Å². The summed E-state index contributed by atoms with van der Waals surface area (Å²) in [4.78, 5) is 31.0. The van der Waals surface area contributed by atoms with Crippen molar-refractivity contribution in [3.8, 4) is 0 Å². The Balaban J connectivity index is 1.95. The highest BCUT2D eigenvalue weighted by Gasteiger charge is 2.19. The second-order valence-electron chi connectivity index (χ2n) is 6.25. The molecule has 1 amide bonds. The zero-order valence-corrected chi connectivity index (χ0v) is 17.3. The van der Waals surface area contributed by atoms with Crippen LogP contribution in [0.25, 0.3) is 10.2 Å². The summed E-state index contributed by atoms with van der Waals surface area (Å²) < 4.78 is 2.56. The number of hydrogen-bond acceptors (Lipinski definition) is 4. The van der Waals surface area contributed by atoms with Gasteiger partial charge in [-0.15, -0.1) is 11.3 Å². The minimum Gasteiger partial charge on any atom is -0.321 e. The molecule has 0 radical (unpaired) electrons. The van der Waals surface area contributed by atoms with E-state index >= 15 is 0 Å². The van der Waals surface area contributed by atoms with Crippen molar-refractivity contribution < 1.29 is 4.79 Å². The highest BCUT2D eigenvalue weighted by molar-refractivity contribution is 9.10. The first-order valence-electron chi connectivity index (χ1n) is 8.48. The molecule has 7 heteroatoms. The zero-order valence-electron chi connectivity index (χ0n) is 14.9. The first-order valence-corrected chi connectivity index (χ1v) is 10.1. The van der Waals surface area contributed by atoms with Crippen LogP contribution in [0.15, 0.2) is 33.8 Å². The van der Waals surface area contributed by atoms with Crippen molar-refractivity contribution in [1.82, 2.24) is 9.55 Å². The Morgan fingerprint density at radius 1 is 1.35 bits per heavy atom. The molecule has 0 bridgehead atoms. The van der Waals surface area contributed by atoms with E-state index in [0.717, 1.165) is 22.9 Å². The highest BCUT2D eigenvalue weighted by atomic mass is 79.9. The van der Waals surface area contributed by atoms with E-state index in [4.69, 9.17) is 0 Å². The van der Waals surface area contributed by atoms with E-state index in [-0.39, 0.29) is 11.5 Å². The number of thiophene rings is 1. The largest absolute Gasteiger partial charge is 0.321 e. The summed E-state index contributed by atoms with van der Waals surface area (Å²) in [5.41, 5.74) is 2.42. The van der Waals surface area contributed by atoms with Gasteiger partial charge in [0.1, 0.15) is 4.83 Å². The molecule has 26 heavy (non-hydrogen) atoms. The van der Waals surface area contributed by atoms with Crippen molar-refractivity contribution in [2.24, 2.45) is 0 Å². The number of nitrogens with zero attached hydrogens (tertiary/aromatic N) is 2. The summed E-state index contributed by atoms with van der Waals surface area (Å²) in [6.07, 6.45) is 3.51. The van der Waals surface area contributed by atoms with Crippen molar-refractivity contribution in [3.63, 3.8) is 0 Å². The van der Waals surface area contributed by atoms with Crippen LogP contribution in [0.5, 0.6) is 0 Å². The van der Waals surface area contributed by atoms with Gasteiger partial charge in [0.05, 0.1) is 16.6 Å². The lowest BCUT2D eigenvalue weighted by atomic mass is 10.2. The van der Waals surface area contributed by atoms with E-state index in [9.17, 15) is 9.59 Å². The van der Waals surface area contributed by atoms with E-state index in [0.29, 0.717) is 32.9 Å². The molecule has 0 saturated heterocycles. The van der Waals surface area contributed by atoms with Gasteiger partial charge in [0.2, 0.25) is 0 Å². The van der Waals surface area contributed by atoms with Crippen molar-refractivity contribution >= 4 is 49.1 Å². The van der Waals surface area contributed by atoms with Gasteiger partial charge in [0.15, 0.2) is 0 Å². The van der Waals surface area contributed by atoms with Crippen LogP contribution in [-0.4, -0.2) is 15.5 Å². The molecule has 0 aliphatic carbocycles. The third kappa shape index (κ3) is 3.59. The number of rotatable bonds is 5. The molecule has 2 aromatic heterocycles. The van der Waals surface area contributed by atoms with Crippen LogP contribution in [0.1, 0.15) is 40.6 Å². The first-order chi connectivity index (χ1) is 12.4. The molecule has 0 atom stereocenters. The lowest BCUT2D eigenvalue weighted by molar-refractivity contribution is 0.103. The first kappa shape index (κ1) is 18.8. The molecule has 3 aromatic rings. The number of unbranched alkanes of at least 4 members (excludes halogenated alkanes) is 1. The van der Waals surface area contributed by atoms with Gasteiger partial charge < -0.3 is 5.32 Å². The molecule has 5 nitrogen and oxygen atoms in total. The lowest BCUT2D eigenvalue weighted by Crippen LogP contribution is -2.20. The van der Waals surface area contributed by atoms with Gasteiger partial charge in [-0.3, -0.25) is 14.2 Å². The molecule has 1 aromatic carbocycles. The van der Waals surface area contributed by atoms with Crippen molar-refractivity contribution in [2.45, 2.75) is 40.2 Å². The van der Waals surface area contributed by atoms with Gasteiger partial charge in [-0.25, -0.2) is 4.98 Å². The predicted molar refractivity (Wildman–Crippen MR) is 110 cm³/mol. The fourth-order valence-electron chi connectivity index (χ4n) is 2.72. The number of hydrogen-bond donors (Lipinski definition) is 1. The summed E-state index contributed by atoms with van der Waals surface area (Å²) in [6, 6.07) is 5.66. The van der Waals surface area contributed by atoms with E-state index in [1.807, 2.05) is 32.0 Å². The Bertz CT molecular complexity index is 1040. The maximum atomic E-state index is 12.7. The Labute approximate surface area is 164 Å². The molecule has 136 valence electrons. The molecule has 0 fully saturated rings. The number of carbonyl (C=O) groups excluding carboxylic acids is 1. The fourth-order valence-corrected chi connectivity index (χ4v) is 4.14. The smallest absolute Gasteiger partial charge is 0.266 e.